The molecule has 2 heterocycles. The molecule has 21 heavy (non-hydrogen) atoms. The summed E-state index contributed by atoms with van der Waals surface area (Å²) in [5.41, 5.74) is 2.61. The Morgan fingerprint density at radius 3 is 2.33 bits per heavy atom. The molecule has 3 aromatic carbocycles. The van der Waals surface area contributed by atoms with Crippen LogP contribution in [0.2, 0.25) is 0 Å². The van der Waals surface area contributed by atoms with Crippen LogP contribution in [0.4, 0.5) is 0 Å². The molecule has 100 valence electrons. The molecule has 0 atom stereocenters. The van der Waals surface area contributed by atoms with E-state index in [1.165, 1.54) is 42.0 Å². The first-order valence-electron chi connectivity index (χ1n) is 7.12. The molecule has 0 radical (unpaired) electrons. The van der Waals surface area contributed by atoms with Gasteiger partial charge in [0, 0.05) is 49.0 Å². The number of fused-ring (bicyclic) bond motifs is 7. The van der Waals surface area contributed by atoms with Crippen LogP contribution in [-0.2, 0) is 7.05 Å². The van der Waals surface area contributed by atoms with Crippen molar-refractivity contribution in [2.45, 2.75) is 0 Å². The molecule has 2 heteroatoms. The van der Waals surface area contributed by atoms with Crippen molar-refractivity contribution in [3.8, 4) is 0 Å². The summed E-state index contributed by atoms with van der Waals surface area (Å²) >= 11 is 1.89. The van der Waals surface area contributed by atoms with Gasteiger partial charge in [-0.1, -0.05) is 36.4 Å². The van der Waals surface area contributed by atoms with Gasteiger partial charge in [-0.05, 0) is 24.3 Å². The van der Waals surface area contributed by atoms with E-state index >= 15 is 0 Å². The SMILES string of the molecule is Cn1c2ccccc2c2c3c(ccc21)sc1ccccc13. The molecule has 0 spiro atoms. The Kier molecular flexibility index (Phi) is 2.09. The summed E-state index contributed by atoms with van der Waals surface area (Å²) in [7, 11) is 2.16. The monoisotopic (exact) mass is 287 g/mol. The van der Waals surface area contributed by atoms with Gasteiger partial charge >= 0.3 is 0 Å². The van der Waals surface area contributed by atoms with Gasteiger partial charge in [0.25, 0.3) is 0 Å². The van der Waals surface area contributed by atoms with Crippen LogP contribution in [0.15, 0.2) is 60.7 Å². The number of rotatable bonds is 0. The van der Waals surface area contributed by atoms with Gasteiger partial charge in [0.05, 0.1) is 0 Å². The Morgan fingerprint density at radius 1 is 0.667 bits per heavy atom. The Bertz CT molecular complexity index is 1140. The number of aromatic nitrogens is 1. The number of hydrogen-bond donors (Lipinski definition) is 0. The van der Waals surface area contributed by atoms with Crippen molar-refractivity contribution < 1.29 is 0 Å². The van der Waals surface area contributed by atoms with Crippen LogP contribution in [0.3, 0.4) is 0 Å². The van der Waals surface area contributed by atoms with Gasteiger partial charge in [-0.2, -0.15) is 0 Å². The molecular weight excluding hydrogens is 274 g/mol. The lowest BCUT2D eigenvalue weighted by atomic mass is 10.1. The third-order valence-electron chi connectivity index (χ3n) is 4.42. The van der Waals surface area contributed by atoms with E-state index in [0.717, 1.165) is 0 Å². The zero-order chi connectivity index (χ0) is 14.0. The second-order valence-electron chi connectivity index (χ2n) is 5.51. The third kappa shape index (κ3) is 1.35. The summed E-state index contributed by atoms with van der Waals surface area (Å²) in [6.45, 7) is 0. The highest BCUT2D eigenvalue weighted by molar-refractivity contribution is 7.26. The van der Waals surface area contributed by atoms with Crippen molar-refractivity contribution in [3.63, 3.8) is 0 Å². The molecule has 0 saturated carbocycles. The second kappa shape index (κ2) is 3.86. The van der Waals surface area contributed by atoms with Crippen LogP contribution in [0.1, 0.15) is 0 Å². The standard InChI is InChI=1S/C19H13NS/c1-20-14-8-4-2-6-12(14)18-15(20)10-11-17-19(18)13-7-3-5-9-16(13)21-17/h2-11H,1H3. The topological polar surface area (TPSA) is 4.93 Å². The fraction of sp³-hybridized carbons (Fsp3) is 0.0526. The number of benzene rings is 3. The molecule has 5 aromatic rings. The van der Waals surface area contributed by atoms with Crippen LogP contribution in [-0.4, -0.2) is 4.57 Å². The van der Waals surface area contributed by atoms with Crippen LogP contribution in [0.25, 0.3) is 42.0 Å². The highest BCUT2D eigenvalue weighted by atomic mass is 32.1. The van der Waals surface area contributed by atoms with Gasteiger partial charge in [0.1, 0.15) is 0 Å². The van der Waals surface area contributed by atoms with Crippen LogP contribution >= 0.6 is 11.3 Å². The molecule has 0 fully saturated rings. The number of aryl methyl sites for hydroxylation is 1. The molecule has 0 aliphatic carbocycles. The summed E-state index contributed by atoms with van der Waals surface area (Å²) in [6.07, 6.45) is 0. The number of hydrogen-bond acceptors (Lipinski definition) is 1. The van der Waals surface area contributed by atoms with Crippen molar-refractivity contribution in [2.24, 2.45) is 7.05 Å². The number of thiophene rings is 1. The van der Waals surface area contributed by atoms with Gasteiger partial charge in [0.15, 0.2) is 0 Å². The lowest BCUT2D eigenvalue weighted by Crippen LogP contribution is -1.85. The Hall–Kier alpha value is -2.32. The van der Waals surface area contributed by atoms with Gasteiger partial charge in [-0.25, -0.2) is 0 Å². The molecule has 1 nitrogen and oxygen atoms in total. The van der Waals surface area contributed by atoms with Crippen molar-refractivity contribution in [1.29, 1.82) is 0 Å². The normalized spacial score (nSPS) is 12.0. The van der Waals surface area contributed by atoms with Crippen molar-refractivity contribution in [1.82, 2.24) is 4.57 Å². The van der Waals surface area contributed by atoms with Crippen LogP contribution < -0.4 is 0 Å². The van der Waals surface area contributed by atoms with Crippen molar-refractivity contribution >= 4 is 53.3 Å². The smallest absolute Gasteiger partial charge is 0.0496 e. The van der Waals surface area contributed by atoms with Gasteiger partial charge < -0.3 is 4.57 Å². The van der Waals surface area contributed by atoms with E-state index in [1.54, 1.807) is 0 Å². The summed E-state index contributed by atoms with van der Waals surface area (Å²) in [4.78, 5) is 0. The first-order valence-corrected chi connectivity index (χ1v) is 7.93. The van der Waals surface area contributed by atoms with E-state index < -0.39 is 0 Å². The van der Waals surface area contributed by atoms with E-state index in [2.05, 4.69) is 72.3 Å². The highest BCUT2D eigenvalue weighted by Gasteiger charge is 2.14. The summed E-state index contributed by atoms with van der Waals surface area (Å²) < 4.78 is 5.05. The molecular formula is C19H13NS. The third-order valence-corrected chi connectivity index (χ3v) is 5.55. The highest BCUT2D eigenvalue weighted by Crippen LogP contribution is 2.41. The maximum atomic E-state index is 2.30. The average Bonchev–Trinajstić information content (AvgIpc) is 3.04. The minimum Gasteiger partial charge on any atom is -0.344 e. The van der Waals surface area contributed by atoms with E-state index in [1.807, 2.05) is 11.3 Å². The average molecular weight is 287 g/mol. The van der Waals surface area contributed by atoms with Gasteiger partial charge in [-0.3, -0.25) is 0 Å². The molecule has 2 aromatic heterocycles. The van der Waals surface area contributed by atoms with Crippen molar-refractivity contribution in [3.05, 3.63) is 60.7 Å². The Balaban J connectivity index is 2.20. The maximum absolute atomic E-state index is 2.30. The molecule has 0 amide bonds. The zero-order valence-corrected chi connectivity index (χ0v) is 12.4. The first-order chi connectivity index (χ1) is 10.3. The summed E-state index contributed by atoms with van der Waals surface area (Å²) in [6, 6.07) is 21.9. The minimum absolute atomic E-state index is 1.30. The Morgan fingerprint density at radius 2 is 1.43 bits per heavy atom. The molecule has 0 bridgehead atoms. The predicted octanol–water partition coefficient (Wildman–Crippen LogP) is 5.70. The molecule has 0 unspecified atom stereocenters. The molecule has 0 N–H and O–H groups in total. The number of para-hydroxylation sites is 1. The van der Waals surface area contributed by atoms with E-state index in [9.17, 15) is 0 Å². The lowest BCUT2D eigenvalue weighted by Gasteiger charge is -1.98. The minimum atomic E-state index is 1.30. The number of nitrogens with zero attached hydrogens (tertiary/aromatic N) is 1. The largest absolute Gasteiger partial charge is 0.344 e. The molecule has 5 rings (SSSR count). The van der Waals surface area contributed by atoms with Gasteiger partial charge in [0.2, 0.25) is 0 Å². The summed E-state index contributed by atoms with van der Waals surface area (Å²) in [5.74, 6) is 0. The predicted molar refractivity (Wildman–Crippen MR) is 93.3 cm³/mol. The fourth-order valence-corrected chi connectivity index (χ4v) is 4.58. The lowest BCUT2D eigenvalue weighted by molar-refractivity contribution is 1.01. The van der Waals surface area contributed by atoms with E-state index in [4.69, 9.17) is 0 Å². The molecule has 0 aliphatic heterocycles. The quantitative estimate of drug-likeness (QED) is 0.344. The van der Waals surface area contributed by atoms with Crippen LogP contribution in [0.5, 0.6) is 0 Å². The van der Waals surface area contributed by atoms with Crippen LogP contribution in [0, 0.1) is 0 Å². The van der Waals surface area contributed by atoms with E-state index in [-0.39, 0.29) is 0 Å². The molecule has 0 saturated heterocycles. The van der Waals surface area contributed by atoms with Gasteiger partial charge in [-0.15, -0.1) is 11.3 Å². The Labute approximate surface area is 126 Å². The van der Waals surface area contributed by atoms with Crippen molar-refractivity contribution in [2.75, 3.05) is 0 Å². The maximum Gasteiger partial charge on any atom is 0.0496 e. The fourth-order valence-electron chi connectivity index (χ4n) is 3.47. The summed E-state index contributed by atoms with van der Waals surface area (Å²) in [5, 5.41) is 5.52. The first kappa shape index (κ1) is 11.4. The second-order valence-corrected chi connectivity index (χ2v) is 6.59. The van der Waals surface area contributed by atoms with E-state index in [0.29, 0.717) is 0 Å². The molecule has 0 aliphatic rings. The zero-order valence-electron chi connectivity index (χ0n) is 11.6.